The van der Waals surface area contributed by atoms with E-state index in [2.05, 4.69) is 4.90 Å². The molecule has 1 heterocycles. The minimum atomic E-state index is -0.415. The Morgan fingerprint density at radius 2 is 1.93 bits per heavy atom. The average molecular weight is 378 g/mol. The van der Waals surface area contributed by atoms with E-state index in [4.69, 9.17) is 14.2 Å². The van der Waals surface area contributed by atoms with Gasteiger partial charge in [-0.15, -0.1) is 0 Å². The molecular formula is C20H30N2O5. The van der Waals surface area contributed by atoms with E-state index in [0.29, 0.717) is 19.7 Å². The maximum Gasteiger partial charge on any atom is 0.307 e. The van der Waals surface area contributed by atoms with Gasteiger partial charge in [0.15, 0.2) is 0 Å². The van der Waals surface area contributed by atoms with Gasteiger partial charge in [0.1, 0.15) is 11.9 Å². The van der Waals surface area contributed by atoms with Gasteiger partial charge in [-0.2, -0.15) is 0 Å². The number of ether oxygens (including phenoxy) is 3. The first-order valence-electron chi connectivity index (χ1n) is 9.23. The molecule has 1 aliphatic heterocycles. The lowest BCUT2D eigenvalue weighted by Gasteiger charge is -2.33. The maximum absolute atomic E-state index is 12.9. The van der Waals surface area contributed by atoms with Crippen LogP contribution >= 0.6 is 0 Å². The molecule has 1 aromatic carbocycles. The summed E-state index contributed by atoms with van der Waals surface area (Å²) >= 11 is 0. The lowest BCUT2D eigenvalue weighted by Crippen LogP contribution is -2.44. The zero-order chi connectivity index (χ0) is 19.8. The molecule has 0 N–H and O–H groups in total. The van der Waals surface area contributed by atoms with E-state index in [1.807, 2.05) is 38.4 Å². The molecule has 1 aromatic rings. The fourth-order valence-corrected chi connectivity index (χ4v) is 3.20. The van der Waals surface area contributed by atoms with Crippen LogP contribution in [-0.4, -0.2) is 75.8 Å². The van der Waals surface area contributed by atoms with Crippen LogP contribution in [0.2, 0.25) is 0 Å². The molecule has 1 amide bonds. The fraction of sp³-hybridized carbons (Fsp3) is 0.600. The number of rotatable bonds is 9. The Kier molecular flexibility index (Phi) is 8.06. The standard InChI is InChI=1S/C20H30N2O5/c1-21(2)17(15-7-9-16(25-3)10-8-15)14-22(12-11-19(23)26-4)20(24)18-6-5-13-27-18/h7-10,17-18H,5-6,11-14H2,1-4H3. The number of esters is 1. The second-order valence-electron chi connectivity index (χ2n) is 6.86. The molecule has 27 heavy (non-hydrogen) atoms. The molecular weight excluding hydrogens is 348 g/mol. The topological polar surface area (TPSA) is 68.3 Å². The molecule has 2 atom stereocenters. The van der Waals surface area contributed by atoms with Crippen molar-refractivity contribution in [1.29, 1.82) is 0 Å². The minimum absolute atomic E-state index is 0.0149. The van der Waals surface area contributed by atoms with Crippen molar-refractivity contribution in [1.82, 2.24) is 9.80 Å². The number of hydrogen-bond acceptors (Lipinski definition) is 6. The van der Waals surface area contributed by atoms with Crippen LogP contribution in [-0.2, 0) is 19.1 Å². The smallest absolute Gasteiger partial charge is 0.307 e. The quantitative estimate of drug-likeness (QED) is 0.611. The summed E-state index contributed by atoms with van der Waals surface area (Å²) in [7, 11) is 6.94. The molecule has 0 aliphatic carbocycles. The van der Waals surface area contributed by atoms with E-state index >= 15 is 0 Å². The summed E-state index contributed by atoms with van der Waals surface area (Å²) in [6.07, 6.45) is 1.36. The first-order valence-corrected chi connectivity index (χ1v) is 9.23. The molecule has 1 saturated heterocycles. The van der Waals surface area contributed by atoms with Gasteiger partial charge in [0.05, 0.1) is 26.7 Å². The predicted octanol–water partition coefficient (Wildman–Crippen LogP) is 1.87. The van der Waals surface area contributed by atoms with Crippen LogP contribution in [0.3, 0.4) is 0 Å². The number of hydrogen-bond donors (Lipinski definition) is 0. The number of likely N-dealkylation sites (N-methyl/N-ethyl adjacent to an activating group) is 1. The monoisotopic (exact) mass is 378 g/mol. The van der Waals surface area contributed by atoms with Crippen LogP contribution in [0.25, 0.3) is 0 Å². The fourth-order valence-electron chi connectivity index (χ4n) is 3.20. The Bertz CT molecular complexity index is 611. The van der Waals surface area contributed by atoms with E-state index in [1.54, 1.807) is 12.0 Å². The third kappa shape index (κ3) is 5.94. The number of methoxy groups -OCH3 is 2. The highest BCUT2D eigenvalue weighted by molar-refractivity contribution is 5.82. The van der Waals surface area contributed by atoms with Gasteiger partial charge in [-0.3, -0.25) is 9.59 Å². The Morgan fingerprint density at radius 3 is 2.44 bits per heavy atom. The van der Waals surface area contributed by atoms with E-state index in [-0.39, 0.29) is 24.3 Å². The van der Waals surface area contributed by atoms with Gasteiger partial charge in [-0.05, 0) is 44.6 Å². The maximum atomic E-state index is 12.9. The first kappa shape index (κ1) is 21.2. The van der Waals surface area contributed by atoms with Crippen molar-refractivity contribution in [2.24, 2.45) is 0 Å². The van der Waals surface area contributed by atoms with E-state index in [9.17, 15) is 9.59 Å². The number of nitrogens with zero attached hydrogens (tertiary/aromatic N) is 2. The second kappa shape index (κ2) is 10.3. The summed E-state index contributed by atoms with van der Waals surface area (Å²) in [5.74, 6) is 0.400. The summed E-state index contributed by atoms with van der Waals surface area (Å²) in [5.41, 5.74) is 1.07. The van der Waals surface area contributed by atoms with E-state index < -0.39 is 6.10 Å². The lowest BCUT2D eigenvalue weighted by molar-refractivity contribution is -0.145. The van der Waals surface area contributed by atoms with Gasteiger partial charge >= 0.3 is 5.97 Å². The van der Waals surface area contributed by atoms with E-state index in [0.717, 1.165) is 24.2 Å². The normalized spacial score (nSPS) is 17.6. The average Bonchev–Trinajstić information content (AvgIpc) is 3.22. The molecule has 7 nitrogen and oxygen atoms in total. The minimum Gasteiger partial charge on any atom is -0.497 e. The summed E-state index contributed by atoms with van der Waals surface area (Å²) in [6.45, 7) is 1.39. The Balaban J connectivity index is 2.17. The van der Waals surface area contributed by atoms with Crippen LogP contribution in [0.15, 0.2) is 24.3 Å². The number of amides is 1. The number of benzene rings is 1. The summed E-state index contributed by atoms with van der Waals surface area (Å²) < 4.78 is 15.5. The third-order valence-corrected chi connectivity index (χ3v) is 4.85. The number of carbonyl (C=O) groups is 2. The summed E-state index contributed by atoms with van der Waals surface area (Å²) in [5, 5.41) is 0. The van der Waals surface area contributed by atoms with Gasteiger partial charge < -0.3 is 24.0 Å². The Hall–Kier alpha value is -2.12. The lowest BCUT2D eigenvalue weighted by atomic mass is 10.0. The second-order valence-corrected chi connectivity index (χ2v) is 6.86. The van der Waals surface area contributed by atoms with Crippen LogP contribution in [0.5, 0.6) is 5.75 Å². The molecule has 0 aromatic heterocycles. The van der Waals surface area contributed by atoms with Crippen molar-refractivity contribution in [2.45, 2.75) is 31.4 Å². The van der Waals surface area contributed by atoms with Crippen LogP contribution in [0.1, 0.15) is 30.9 Å². The van der Waals surface area contributed by atoms with Crippen molar-refractivity contribution in [2.75, 3.05) is 48.0 Å². The van der Waals surface area contributed by atoms with Crippen LogP contribution < -0.4 is 4.74 Å². The zero-order valence-electron chi connectivity index (χ0n) is 16.6. The van der Waals surface area contributed by atoms with Crippen molar-refractivity contribution in [3.05, 3.63) is 29.8 Å². The highest BCUT2D eigenvalue weighted by Gasteiger charge is 2.30. The van der Waals surface area contributed by atoms with Crippen molar-refractivity contribution in [3.8, 4) is 5.75 Å². The van der Waals surface area contributed by atoms with E-state index in [1.165, 1.54) is 7.11 Å². The summed E-state index contributed by atoms with van der Waals surface area (Å²) in [4.78, 5) is 28.3. The molecule has 2 rings (SSSR count). The molecule has 0 saturated carbocycles. The highest BCUT2D eigenvalue weighted by atomic mass is 16.5. The predicted molar refractivity (Wildman–Crippen MR) is 102 cm³/mol. The molecule has 0 bridgehead atoms. The van der Waals surface area contributed by atoms with Gasteiger partial charge in [0.2, 0.25) is 0 Å². The zero-order valence-corrected chi connectivity index (χ0v) is 16.6. The number of carbonyl (C=O) groups excluding carboxylic acids is 2. The third-order valence-electron chi connectivity index (χ3n) is 4.85. The van der Waals surface area contributed by atoms with Gasteiger partial charge in [0.25, 0.3) is 5.91 Å². The van der Waals surface area contributed by atoms with Gasteiger partial charge in [-0.1, -0.05) is 12.1 Å². The molecule has 1 aliphatic rings. The molecule has 0 radical (unpaired) electrons. The largest absolute Gasteiger partial charge is 0.497 e. The Labute approximate surface area is 161 Å². The molecule has 7 heteroatoms. The van der Waals surface area contributed by atoms with Crippen LogP contribution in [0.4, 0.5) is 0 Å². The SMILES string of the molecule is COC(=O)CCN(CC(c1ccc(OC)cc1)N(C)C)C(=O)C1CCCO1. The van der Waals surface area contributed by atoms with Crippen molar-refractivity contribution in [3.63, 3.8) is 0 Å². The van der Waals surface area contributed by atoms with Gasteiger partial charge in [-0.25, -0.2) is 0 Å². The Morgan fingerprint density at radius 1 is 1.22 bits per heavy atom. The van der Waals surface area contributed by atoms with Crippen LogP contribution in [0, 0.1) is 0 Å². The molecule has 1 fully saturated rings. The molecule has 150 valence electrons. The first-order chi connectivity index (χ1) is 13.0. The van der Waals surface area contributed by atoms with Crippen molar-refractivity contribution < 1.29 is 23.8 Å². The summed E-state index contributed by atoms with van der Waals surface area (Å²) in [6, 6.07) is 7.80. The van der Waals surface area contributed by atoms with Gasteiger partial charge in [0, 0.05) is 19.7 Å². The molecule has 0 spiro atoms. The van der Waals surface area contributed by atoms with Crippen molar-refractivity contribution >= 4 is 11.9 Å². The molecule has 2 unspecified atom stereocenters. The highest BCUT2D eigenvalue weighted by Crippen LogP contribution is 2.24.